The molecule has 0 saturated carbocycles. The van der Waals surface area contributed by atoms with Gasteiger partial charge >= 0.3 is 0 Å². The van der Waals surface area contributed by atoms with Gasteiger partial charge in [-0.25, -0.2) is 9.97 Å². The van der Waals surface area contributed by atoms with Crippen molar-refractivity contribution in [1.82, 2.24) is 15.3 Å². The Balaban J connectivity index is 1.72. The fraction of sp³-hybridized carbons (Fsp3) is 0.529. The van der Waals surface area contributed by atoms with E-state index in [9.17, 15) is 0 Å². The molecule has 4 nitrogen and oxygen atoms in total. The van der Waals surface area contributed by atoms with Crippen LogP contribution in [0.3, 0.4) is 0 Å². The Morgan fingerprint density at radius 2 is 1.86 bits per heavy atom. The zero-order valence-corrected chi connectivity index (χ0v) is 12.4. The summed E-state index contributed by atoms with van der Waals surface area (Å²) in [5, 5.41) is 4.67. The summed E-state index contributed by atoms with van der Waals surface area (Å²) in [5.74, 6) is 0.578. The van der Waals surface area contributed by atoms with Crippen LogP contribution in [0.25, 0.3) is 10.9 Å². The molecule has 2 aliphatic rings. The second-order valence-electron chi connectivity index (χ2n) is 6.18. The van der Waals surface area contributed by atoms with E-state index >= 15 is 0 Å². The number of hydrogen-bond acceptors (Lipinski definition) is 4. The molecule has 0 aliphatic carbocycles. The molecule has 0 bridgehead atoms. The molecule has 0 amide bonds. The van der Waals surface area contributed by atoms with Gasteiger partial charge in [0.25, 0.3) is 0 Å². The Morgan fingerprint density at radius 3 is 2.67 bits per heavy atom. The number of fused-ring (bicyclic) bond motifs is 1. The molecule has 0 spiro atoms. The van der Waals surface area contributed by atoms with Crippen molar-refractivity contribution < 1.29 is 0 Å². The van der Waals surface area contributed by atoms with Crippen molar-refractivity contribution in [2.45, 2.75) is 31.6 Å². The second-order valence-corrected chi connectivity index (χ2v) is 6.18. The number of aromatic nitrogens is 2. The van der Waals surface area contributed by atoms with E-state index in [4.69, 9.17) is 0 Å². The van der Waals surface area contributed by atoms with Crippen molar-refractivity contribution in [3.8, 4) is 0 Å². The minimum atomic E-state index is 0.578. The van der Waals surface area contributed by atoms with E-state index in [0.717, 1.165) is 18.6 Å². The lowest BCUT2D eigenvalue weighted by molar-refractivity contribution is 0.455. The molecule has 1 aromatic heterocycles. The standard InChI is InChI=1S/C17H22N4/c1-2-10-21(9-1)14-3-4-15-16(11-14)19-12-20-17(15)13-5-7-18-8-6-13/h3-4,11-13,18H,1-2,5-10H2. The number of piperidine rings is 1. The number of nitrogens with zero attached hydrogens (tertiary/aromatic N) is 3. The van der Waals surface area contributed by atoms with Crippen LogP contribution in [-0.4, -0.2) is 36.1 Å². The zero-order valence-electron chi connectivity index (χ0n) is 12.4. The van der Waals surface area contributed by atoms with Gasteiger partial charge < -0.3 is 10.2 Å². The van der Waals surface area contributed by atoms with Crippen LogP contribution < -0.4 is 10.2 Å². The predicted octanol–water partition coefficient (Wildman–Crippen LogP) is 2.70. The topological polar surface area (TPSA) is 41.1 Å². The Labute approximate surface area is 125 Å². The van der Waals surface area contributed by atoms with Crippen LogP contribution in [0.1, 0.15) is 37.3 Å². The molecular formula is C17H22N4. The third-order valence-corrected chi connectivity index (χ3v) is 4.85. The molecule has 110 valence electrons. The molecule has 4 rings (SSSR count). The van der Waals surface area contributed by atoms with Crippen molar-refractivity contribution in [2.24, 2.45) is 0 Å². The van der Waals surface area contributed by atoms with Gasteiger partial charge in [0.15, 0.2) is 0 Å². The van der Waals surface area contributed by atoms with E-state index in [1.807, 2.05) is 0 Å². The monoisotopic (exact) mass is 282 g/mol. The largest absolute Gasteiger partial charge is 0.371 e. The molecule has 3 heterocycles. The molecule has 2 saturated heterocycles. The molecule has 0 atom stereocenters. The van der Waals surface area contributed by atoms with Gasteiger partial charge in [-0.3, -0.25) is 0 Å². The third kappa shape index (κ3) is 2.48. The van der Waals surface area contributed by atoms with Crippen LogP contribution in [0.2, 0.25) is 0 Å². The first-order chi connectivity index (χ1) is 10.4. The van der Waals surface area contributed by atoms with Gasteiger partial charge in [-0.1, -0.05) is 0 Å². The molecule has 21 heavy (non-hydrogen) atoms. The van der Waals surface area contributed by atoms with Crippen LogP contribution in [0.5, 0.6) is 0 Å². The SMILES string of the molecule is c1nc(C2CCNCC2)c2ccc(N3CCCC3)cc2n1. The molecule has 1 aromatic carbocycles. The van der Waals surface area contributed by atoms with Crippen molar-refractivity contribution in [3.05, 3.63) is 30.2 Å². The molecule has 0 radical (unpaired) electrons. The maximum Gasteiger partial charge on any atom is 0.116 e. The summed E-state index contributed by atoms with van der Waals surface area (Å²) in [6.07, 6.45) is 6.72. The quantitative estimate of drug-likeness (QED) is 0.919. The van der Waals surface area contributed by atoms with E-state index in [2.05, 4.69) is 38.4 Å². The second kappa shape index (κ2) is 5.60. The van der Waals surface area contributed by atoms with Gasteiger partial charge in [-0.05, 0) is 57.0 Å². The van der Waals surface area contributed by atoms with E-state index in [1.54, 1.807) is 6.33 Å². The summed E-state index contributed by atoms with van der Waals surface area (Å²) in [6.45, 7) is 4.56. The van der Waals surface area contributed by atoms with E-state index in [0.29, 0.717) is 5.92 Å². The Bertz CT molecular complexity index is 628. The molecular weight excluding hydrogens is 260 g/mol. The fourth-order valence-corrected chi connectivity index (χ4v) is 3.66. The van der Waals surface area contributed by atoms with Crippen LogP contribution in [0, 0.1) is 0 Å². The van der Waals surface area contributed by atoms with Crippen LogP contribution in [0.15, 0.2) is 24.5 Å². The average molecular weight is 282 g/mol. The summed E-state index contributed by atoms with van der Waals surface area (Å²) < 4.78 is 0. The highest BCUT2D eigenvalue weighted by atomic mass is 15.1. The van der Waals surface area contributed by atoms with Crippen molar-refractivity contribution >= 4 is 16.6 Å². The lowest BCUT2D eigenvalue weighted by Gasteiger charge is -2.23. The summed E-state index contributed by atoms with van der Waals surface area (Å²) >= 11 is 0. The highest BCUT2D eigenvalue weighted by Crippen LogP contribution is 2.31. The average Bonchev–Trinajstić information content (AvgIpc) is 3.09. The Kier molecular flexibility index (Phi) is 3.47. The number of rotatable bonds is 2. The van der Waals surface area contributed by atoms with E-state index < -0.39 is 0 Å². The van der Waals surface area contributed by atoms with Crippen LogP contribution in [-0.2, 0) is 0 Å². The first-order valence-electron chi connectivity index (χ1n) is 8.12. The van der Waals surface area contributed by atoms with Crippen molar-refractivity contribution in [2.75, 3.05) is 31.1 Å². The van der Waals surface area contributed by atoms with Gasteiger partial charge in [0.1, 0.15) is 6.33 Å². The van der Waals surface area contributed by atoms with Gasteiger partial charge in [0.05, 0.1) is 11.2 Å². The zero-order chi connectivity index (χ0) is 14.1. The minimum absolute atomic E-state index is 0.578. The summed E-state index contributed by atoms with van der Waals surface area (Å²) in [6, 6.07) is 6.73. The van der Waals surface area contributed by atoms with Gasteiger partial charge in [0.2, 0.25) is 0 Å². The third-order valence-electron chi connectivity index (χ3n) is 4.85. The molecule has 2 aliphatic heterocycles. The highest BCUT2D eigenvalue weighted by Gasteiger charge is 2.20. The molecule has 1 N–H and O–H groups in total. The van der Waals surface area contributed by atoms with Gasteiger partial charge in [-0.15, -0.1) is 0 Å². The molecule has 4 heteroatoms. The number of anilines is 1. The maximum absolute atomic E-state index is 4.61. The fourth-order valence-electron chi connectivity index (χ4n) is 3.66. The molecule has 2 aromatic rings. The maximum atomic E-state index is 4.61. The Morgan fingerprint density at radius 1 is 1.05 bits per heavy atom. The van der Waals surface area contributed by atoms with Crippen molar-refractivity contribution in [3.63, 3.8) is 0 Å². The van der Waals surface area contributed by atoms with Gasteiger partial charge in [0, 0.05) is 30.1 Å². The summed E-state index contributed by atoms with van der Waals surface area (Å²) in [4.78, 5) is 11.6. The summed E-state index contributed by atoms with van der Waals surface area (Å²) in [7, 11) is 0. The van der Waals surface area contributed by atoms with Gasteiger partial charge in [-0.2, -0.15) is 0 Å². The Hall–Kier alpha value is -1.68. The number of nitrogens with one attached hydrogen (secondary N) is 1. The predicted molar refractivity (Wildman–Crippen MR) is 85.8 cm³/mol. The number of hydrogen-bond donors (Lipinski definition) is 1. The number of benzene rings is 1. The lowest BCUT2D eigenvalue weighted by atomic mass is 9.92. The first-order valence-corrected chi connectivity index (χ1v) is 8.12. The normalized spacial score (nSPS) is 20.3. The molecule has 2 fully saturated rings. The summed E-state index contributed by atoms with van der Waals surface area (Å²) in [5.41, 5.74) is 3.66. The smallest absolute Gasteiger partial charge is 0.116 e. The van der Waals surface area contributed by atoms with E-state index in [1.165, 1.54) is 55.5 Å². The van der Waals surface area contributed by atoms with Crippen LogP contribution in [0.4, 0.5) is 5.69 Å². The van der Waals surface area contributed by atoms with Crippen LogP contribution >= 0.6 is 0 Å². The first kappa shape index (κ1) is 13.0. The van der Waals surface area contributed by atoms with E-state index in [-0.39, 0.29) is 0 Å². The van der Waals surface area contributed by atoms with Crippen molar-refractivity contribution in [1.29, 1.82) is 0 Å². The highest BCUT2D eigenvalue weighted by molar-refractivity contribution is 5.84. The minimum Gasteiger partial charge on any atom is -0.371 e. The lowest BCUT2D eigenvalue weighted by Crippen LogP contribution is -2.27. The molecule has 0 unspecified atom stereocenters.